The number of rotatable bonds is 5. The van der Waals surface area contributed by atoms with E-state index in [9.17, 15) is 9.59 Å². The van der Waals surface area contributed by atoms with E-state index in [1.165, 1.54) is 0 Å². The molecular weight excluding hydrogens is 404 g/mol. The van der Waals surface area contributed by atoms with Gasteiger partial charge in [-0.2, -0.15) is 0 Å². The first kappa shape index (κ1) is 22.3. The molecule has 6 heteroatoms. The van der Waals surface area contributed by atoms with Crippen LogP contribution in [0.1, 0.15) is 49.5 Å². The van der Waals surface area contributed by atoms with Crippen molar-refractivity contribution in [2.45, 2.75) is 46.1 Å². The Balaban J connectivity index is 1.75. The maximum Gasteiger partial charge on any atom is 0.254 e. The molecule has 1 fully saturated rings. The van der Waals surface area contributed by atoms with Crippen molar-refractivity contribution in [3.05, 3.63) is 47.5 Å². The minimum atomic E-state index is 0.0284. The fourth-order valence-electron chi connectivity index (χ4n) is 4.65. The third-order valence-corrected chi connectivity index (χ3v) is 6.26. The lowest BCUT2D eigenvalue weighted by Gasteiger charge is -2.36. The SMILES string of the molecule is CCCOc1c(-c2cccc(C(=O)N3CCOCC3)c2)ccc2c1CC[C@H](C)N2C(C)=O. The lowest BCUT2D eigenvalue weighted by Crippen LogP contribution is -2.40. The molecule has 1 atom stereocenters. The lowest BCUT2D eigenvalue weighted by atomic mass is 9.91. The molecule has 0 bridgehead atoms. The molecular formula is C26H32N2O4. The molecule has 0 aliphatic carbocycles. The lowest BCUT2D eigenvalue weighted by molar-refractivity contribution is -0.117. The molecule has 2 aliphatic rings. The Labute approximate surface area is 190 Å². The standard InChI is InChI=1S/C26H32N2O4/c1-4-14-32-25-22(10-11-24-23(25)9-8-18(2)28(24)19(3)29)20-6-5-7-21(17-20)26(30)27-12-15-31-16-13-27/h5-7,10-11,17-18H,4,8-9,12-16H2,1-3H3/t18-/m0/s1. The number of hydrogen-bond acceptors (Lipinski definition) is 4. The van der Waals surface area contributed by atoms with Crippen LogP contribution in [0, 0.1) is 0 Å². The topological polar surface area (TPSA) is 59.1 Å². The number of amides is 2. The van der Waals surface area contributed by atoms with E-state index in [2.05, 4.69) is 13.8 Å². The summed E-state index contributed by atoms with van der Waals surface area (Å²) < 4.78 is 11.6. The second-order valence-electron chi connectivity index (χ2n) is 8.55. The first-order valence-corrected chi connectivity index (χ1v) is 11.6. The van der Waals surface area contributed by atoms with E-state index in [0.717, 1.165) is 47.4 Å². The summed E-state index contributed by atoms with van der Waals surface area (Å²) >= 11 is 0. The smallest absolute Gasteiger partial charge is 0.254 e. The van der Waals surface area contributed by atoms with Crippen molar-refractivity contribution >= 4 is 17.5 Å². The summed E-state index contributed by atoms with van der Waals surface area (Å²) in [4.78, 5) is 29.1. The normalized spacial score (nSPS) is 18.3. The summed E-state index contributed by atoms with van der Waals surface area (Å²) in [5, 5.41) is 0. The molecule has 6 nitrogen and oxygen atoms in total. The molecule has 4 rings (SSSR count). The van der Waals surface area contributed by atoms with E-state index in [0.29, 0.717) is 38.5 Å². The van der Waals surface area contributed by atoms with Crippen molar-refractivity contribution in [2.24, 2.45) is 0 Å². The molecule has 2 aliphatic heterocycles. The molecule has 0 saturated carbocycles. The van der Waals surface area contributed by atoms with Gasteiger partial charge in [-0.3, -0.25) is 9.59 Å². The van der Waals surface area contributed by atoms with Crippen molar-refractivity contribution in [1.82, 2.24) is 4.90 Å². The summed E-state index contributed by atoms with van der Waals surface area (Å²) in [6, 6.07) is 12.0. The fraction of sp³-hybridized carbons (Fsp3) is 0.462. The van der Waals surface area contributed by atoms with E-state index in [-0.39, 0.29) is 17.9 Å². The Kier molecular flexibility index (Phi) is 6.80. The van der Waals surface area contributed by atoms with E-state index in [1.807, 2.05) is 46.2 Å². The van der Waals surface area contributed by atoms with Crippen molar-refractivity contribution < 1.29 is 19.1 Å². The summed E-state index contributed by atoms with van der Waals surface area (Å²) in [7, 11) is 0. The van der Waals surface area contributed by atoms with Gasteiger partial charge >= 0.3 is 0 Å². The van der Waals surface area contributed by atoms with Crippen molar-refractivity contribution in [2.75, 3.05) is 37.8 Å². The Morgan fingerprint density at radius 2 is 1.94 bits per heavy atom. The molecule has 0 spiro atoms. The number of nitrogens with zero attached hydrogens (tertiary/aromatic N) is 2. The first-order chi connectivity index (χ1) is 15.5. The van der Waals surface area contributed by atoms with Crippen LogP contribution in [0.4, 0.5) is 5.69 Å². The van der Waals surface area contributed by atoms with E-state index >= 15 is 0 Å². The predicted octanol–water partition coefficient (Wildman–Crippen LogP) is 4.30. The van der Waals surface area contributed by atoms with E-state index in [4.69, 9.17) is 9.47 Å². The number of morpholine rings is 1. The molecule has 0 radical (unpaired) electrons. The number of hydrogen-bond donors (Lipinski definition) is 0. The molecule has 2 heterocycles. The number of fused-ring (bicyclic) bond motifs is 1. The van der Waals surface area contributed by atoms with Crippen LogP contribution in [0.15, 0.2) is 36.4 Å². The summed E-state index contributed by atoms with van der Waals surface area (Å²) in [6.07, 6.45) is 2.65. The Morgan fingerprint density at radius 3 is 2.66 bits per heavy atom. The largest absolute Gasteiger partial charge is 0.493 e. The zero-order valence-electron chi connectivity index (χ0n) is 19.2. The third-order valence-electron chi connectivity index (χ3n) is 6.26. The quantitative estimate of drug-likeness (QED) is 0.701. The van der Waals surface area contributed by atoms with Gasteiger partial charge in [0.15, 0.2) is 0 Å². The molecule has 0 unspecified atom stereocenters. The maximum atomic E-state index is 13.0. The van der Waals surface area contributed by atoms with Crippen LogP contribution in [0.3, 0.4) is 0 Å². The van der Waals surface area contributed by atoms with Gasteiger partial charge in [0.05, 0.1) is 25.5 Å². The summed E-state index contributed by atoms with van der Waals surface area (Å²) in [5.41, 5.74) is 4.60. The number of benzene rings is 2. The zero-order valence-corrected chi connectivity index (χ0v) is 19.2. The van der Waals surface area contributed by atoms with Gasteiger partial charge in [-0.05, 0) is 56.0 Å². The van der Waals surface area contributed by atoms with Gasteiger partial charge in [0.1, 0.15) is 5.75 Å². The number of ether oxygens (including phenoxy) is 2. The third kappa shape index (κ3) is 4.37. The molecule has 2 aromatic rings. The Morgan fingerprint density at radius 1 is 1.16 bits per heavy atom. The summed E-state index contributed by atoms with van der Waals surface area (Å²) in [5.74, 6) is 0.907. The molecule has 1 saturated heterocycles. The maximum absolute atomic E-state index is 13.0. The fourth-order valence-corrected chi connectivity index (χ4v) is 4.65. The van der Waals surface area contributed by atoms with Crippen molar-refractivity contribution in [3.63, 3.8) is 0 Å². The monoisotopic (exact) mass is 436 g/mol. The van der Waals surface area contributed by atoms with Gasteiger partial charge in [0.2, 0.25) is 5.91 Å². The number of carbonyl (C=O) groups excluding carboxylic acids is 2. The van der Waals surface area contributed by atoms with Gasteiger partial charge in [-0.15, -0.1) is 0 Å². The highest BCUT2D eigenvalue weighted by Gasteiger charge is 2.30. The molecule has 2 aromatic carbocycles. The predicted molar refractivity (Wildman–Crippen MR) is 125 cm³/mol. The minimum Gasteiger partial charge on any atom is -0.493 e. The van der Waals surface area contributed by atoms with E-state index in [1.54, 1.807) is 6.92 Å². The minimum absolute atomic E-state index is 0.0284. The van der Waals surface area contributed by atoms with Gasteiger partial charge < -0.3 is 19.3 Å². The van der Waals surface area contributed by atoms with Crippen molar-refractivity contribution in [3.8, 4) is 16.9 Å². The molecule has 170 valence electrons. The Hall–Kier alpha value is -2.86. The van der Waals surface area contributed by atoms with Gasteiger partial charge in [0, 0.05) is 42.7 Å². The molecule has 0 aromatic heterocycles. The highest BCUT2D eigenvalue weighted by Crippen LogP contribution is 2.43. The van der Waals surface area contributed by atoms with Crippen LogP contribution in [-0.4, -0.2) is 55.7 Å². The van der Waals surface area contributed by atoms with Crippen LogP contribution < -0.4 is 9.64 Å². The summed E-state index contributed by atoms with van der Waals surface area (Å²) in [6.45, 7) is 8.79. The van der Waals surface area contributed by atoms with Crippen LogP contribution >= 0.6 is 0 Å². The van der Waals surface area contributed by atoms with Crippen LogP contribution in [0.25, 0.3) is 11.1 Å². The average molecular weight is 437 g/mol. The van der Waals surface area contributed by atoms with Gasteiger partial charge in [0.25, 0.3) is 5.91 Å². The molecule has 0 N–H and O–H groups in total. The first-order valence-electron chi connectivity index (χ1n) is 11.6. The highest BCUT2D eigenvalue weighted by molar-refractivity contribution is 5.97. The Bertz CT molecular complexity index is 997. The van der Waals surface area contributed by atoms with Gasteiger partial charge in [-0.25, -0.2) is 0 Å². The van der Waals surface area contributed by atoms with Crippen molar-refractivity contribution in [1.29, 1.82) is 0 Å². The van der Waals surface area contributed by atoms with Crippen LogP contribution in [0.5, 0.6) is 5.75 Å². The van der Waals surface area contributed by atoms with Gasteiger partial charge in [-0.1, -0.05) is 19.1 Å². The van der Waals surface area contributed by atoms with E-state index < -0.39 is 0 Å². The molecule has 2 amide bonds. The molecule has 32 heavy (non-hydrogen) atoms. The second-order valence-corrected chi connectivity index (χ2v) is 8.55. The average Bonchev–Trinajstić information content (AvgIpc) is 2.82. The number of anilines is 1. The second kappa shape index (κ2) is 9.74. The highest BCUT2D eigenvalue weighted by atomic mass is 16.5. The van der Waals surface area contributed by atoms with Crippen LogP contribution in [0.2, 0.25) is 0 Å². The zero-order chi connectivity index (χ0) is 22.7. The number of carbonyl (C=O) groups is 2. The van der Waals surface area contributed by atoms with Crippen LogP contribution in [-0.2, 0) is 16.0 Å².